The van der Waals surface area contributed by atoms with E-state index in [4.69, 9.17) is 9.97 Å². The standard InChI is InChI=1S/C61H43N3/c1-61(2)55-35-43(23-27-48(55)49-28-24-44(36-56(49)61)45-25-29-51-50-16-8-9-18-57(50)64(58(51)37-45)46-13-4-3-5-14-46)41-12-10-11-40(33-41)38-19-21-39(22-20-38)42-26-30-53-54(34-42)47-15-6-7-17-52(47)59-60(53)63-32-31-62-59/h3-33,35-37,42H,34H2,1-2H3. The van der Waals surface area contributed by atoms with Gasteiger partial charge < -0.3 is 4.57 Å². The van der Waals surface area contributed by atoms with Gasteiger partial charge in [0.1, 0.15) is 0 Å². The second-order valence-corrected chi connectivity index (χ2v) is 18.1. The normalized spacial score (nSPS) is 14.9. The fourth-order valence-electron chi connectivity index (χ4n) is 11.0. The molecule has 11 aromatic rings. The summed E-state index contributed by atoms with van der Waals surface area (Å²) in [4.78, 5) is 9.50. The second kappa shape index (κ2) is 14.1. The van der Waals surface area contributed by atoms with Crippen LogP contribution in [0.1, 0.15) is 47.6 Å². The van der Waals surface area contributed by atoms with Crippen molar-refractivity contribution < 1.29 is 0 Å². The molecule has 64 heavy (non-hydrogen) atoms. The lowest BCUT2D eigenvalue weighted by Gasteiger charge is -2.23. The van der Waals surface area contributed by atoms with Crippen LogP contribution in [0.3, 0.4) is 0 Å². The Labute approximate surface area is 372 Å². The molecule has 0 saturated carbocycles. The molecule has 1 atom stereocenters. The van der Waals surface area contributed by atoms with Crippen LogP contribution in [-0.4, -0.2) is 14.5 Å². The van der Waals surface area contributed by atoms with E-state index in [0.29, 0.717) is 0 Å². The summed E-state index contributed by atoms with van der Waals surface area (Å²) in [5.74, 6) is 0.289. The maximum absolute atomic E-state index is 4.77. The lowest BCUT2D eigenvalue weighted by molar-refractivity contribution is 0.661. The number of aromatic nitrogens is 3. The first kappa shape index (κ1) is 36.7. The van der Waals surface area contributed by atoms with Crippen LogP contribution in [0.25, 0.3) is 99.9 Å². The van der Waals surface area contributed by atoms with Crippen LogP contribution in [-0.2, 0) is 11.8 Å². The Morgan fingerprint density at radius 1 is 0.469 bits per heavy atom. The van der Waals surface area contributed by atoms with Crippen molar-refractivity contribution in [2.24, 2.45) is 0 Å². The molecule has 13 rings (SSSR count). The van der Waals surface area contributed by atoms with Gasteiger partial charge in [0.05, 0.1) is 22.1 Å². The van der Waals surface area contributed by atoms with Crippen molar-refractivity contribution in [3.05, 3.63) is 228 Å². The van der Waals surface area contributed by atoms with Crippen molar-refractivity contribution >= 4 is 49.7 Å². The molecule has 0 N–H and O–H groups in total. The van der Waals surface area contributed by atoms with Crippen LogP contribution in [0.15, 0.2) is 200 Å². The molecule has 3 nitrogen and oxygen atoms in total. The van der Waals surface area contributed by atoms with Crippen molar-refractivity contribution in [1.82, 2.24) is 14.5 Å². The molecule has 9 aromatic carbocycles. The minimum atomic E-state index is -0.159. The highest BCUT2D eigenvalue weighted by atomic mass is 15.0. The fourth-order valence-corrected chi connectivity index (χ4v) is 11.0. The molecule has 0 saturated heterocycles. The molecule has 3 heteroatoms. The Balaban J connectivity index is 0.794. The Morgan fingerprint density at radius 3 is 1.80 bits per heavy atom. The predicted octanol–water partition coefficient (Wildman–Crippen LogP) is 15.5. The van der Waals surface area contributed by atoms with E-state index in [-0.39, 0.29) is 11.3 Å². The molecular weight excluding hydrogens is 775 g/mol. The van der Waals surface area contributed by atoms with Crippen molar-refractivity contribution in [3.63, 3.8) is 0 Å². The summed E-state index contributed by atoms with van der Waals surface area (Å²) in [6.45, 7) is 4.77. The fraction of sp³-hybridized carbons (Fsp3) is 0.0820. The van der Waals surface area contributed by atoms with Gasteiger partial charge in [0.15, 0.2) is 0 Å². The van der Waals surface area contributed by atoms with Gasteiger partial charge in [0.25, 0.3) is 0 Å². The van der Waals surface area contributed by atoms with E-state index in [1.165, 1.54) is 111 Å². The van der Waals surface area contributed by atoms with Gasteiger partial charge in [0.2, 0.25) is 0 Å². The van der Waals surface area contributed by atoms with Crippen molar-refractivity contribution in [2.75, 3.05) is 0 Å². The van der Waals surface area contributed by atoms with E-state index in [2.05, 4.69) is 213 Å². The van der Waals surface area contributed by atoms with Crippen molar-refractivity contribution in [1.29, 1.82) is 0 Å². The van der Waals surface area contributed by atoms with E-state index in [1.807, 2.05) is 0 Å². The summed E-state index contributed by atoms with van der Waals surface area (Å²) in [5, 5.41) is 4.99. The van der Waals surface area contributed by atoms with Crippen LogP contribution in [0.4, 0.5) is 0 Å². The van der Waals surface area contributed by atoms with Gasteiger partial charge in [-0.05, 0) is 121 Å². The summed E-state index contributed by atoms with van der Waals surface area (Å²) in [6, 6.07) is 67.5. The maximum Gasteiger partial charge on any atom is 0.0971 e. The van der Waals surface area contributed by atoms with Crippen molar-refractivity contribution in [3.8, 4) is 50.2 Å². The Morgan fingerprint density at radius 2 is 1.05 bits per heavy atom. The van der Waals surface area contributed by atoms with Crippen molar-refractivity contribution in [2.45, 2.75) is 31.6 Å². The van der Waals surface area contributed by atoms with Gasteiger partial charge in [0, 0.05) is 51.1 Å². The van der Waals surface area contributed by atoms with Crippen LogP contribution in [0, 0.1) is 0 Å². The number of benzene rings is 9. The first-order valence-corrected chi connectivity index (χ1v) is 22.4. The van der Waals surface area contributed by atoms with Crippen LogP contribution in [0.2, 0.25) is 0 Å². The Hall–Kier alpha value is -7.88. The third kappa shape index (κ3) is 5.60. The van der Waals surface area contributed by atoms with Gasteiger partial charge >= 0.3 is 0 Å². The minimum absolute atomic E-state index is 0.159. The first-order chi connectivity index (χ1) is 31.5. The van der Waals surface area contributed by atoms with Gasteiger partial charge in [-0.15, -0.1) is 0 Å². The number of hydrogen-bond donors (Lipinski definition) is 0. The highest BCUT2D eigenvalue weighted by molar-refractivity contribution is 6.11. The van der Waals surface area contributed by atoms with E-state index in [1.54, 1.807) is 12.4 Å². The molecule has 2 aromatic heterocycles. The summed E-state index contributed by atoms with van der Waals surface area (Å²) < 4.78 is 2.40. The third-order valence-corrected chi connectivity index (χ3v) is 14.3. The molecule has 0 fully saturated rings. The third-order valence-electron chi connectivity index (χ3n) is 14.3. The monoisotopic (exact) mass is 817 g/mol. The lowest BCUT2D eigenvalue weighted by atomic mass is 9.80. The Bertz CT molecular complexity index is 3720. The first-order valence-electron chi connectivity index (χ1n) is 22.4. The molecule has 1 unspecified atom stereocenters. The van der Waals surface area contributed by atoms with Crippen LogP contribution < -0.4 is 0 Å². The van der Waals surface area contributed by atoms with Gasteiger partial charge in [-0.1, -0.05) is 166 Å². The molecule has 2 aliphatic rings. The molecule has 0 radical (unpaired) electrons. The number of para-hydroxylation sites is 2. The molecule has 0 aliphatic heterocycles. The second-order valence-electron chi connectivity index (χ2n) is 18.1. The molecule has 0 spiro atoms. The predicted molar refractivity (Wildman–Crippen MR) is 267 cm³/mol. The van der Waals surface area contributed by atoms with E-state index in [0.717, 1.165) is 17.5 Å². The van der Waals surface area contributed by atoms with E-state index in [9.17, 15) is 0 Å². The zero-order valence-corrected chi connectivity index (χ0v) is 35.8. The average molecular weight is 818 g/mol. The number of rotatable bonds is 5. The highest BCUT2D eigenvalue weighted by Crippen LogP contribution is 2.51. The maximum atomic E-state index is 4.77. The topological polar surface area (TPSA) is 30.7 Å². The van der Waals surface area contributed by atoms with Gasteiger partial charge in [-0.2, -0.15) is 0 Å². The number of nitrogens with zero attached hydrogens (tertiary/aromatic N) is 3. The van der Waals surface area contributed by atoms with Gasteiger partial charge in [-0.3, -0.25) is 9.97 Å². The molecule has 0 amide bonds. The smallest absolute Gasteiger partial charge is 0.0971 e. The summed E-state index contributed by atoms with van der Waals surface area (Å²) in [5.41, 5.74) is 22.1. The molecule has 2 heterocycles. The zero-order chi connectivity index (χ0) is 42.5. The minimum Gasteiger partial charge on any atom is -0.309 e. The summed E-state index contributed by atoms with van der Waals surface area (Å²) in [6.07, 6.45) is 9.15. The highest BCUT2D eigenvalue weighted by Gasteiger charge is 2.36. The van der Waals surface area contributed by atoms with Crippen LogP contribution >= 0.6 is 0 Å². The summed E-state index contributed by atoms with van der Waals surface area (Å²) in [7, 11) is 0. The molecular formula is C61H43N3. The van der Waals surface area contributed by atoms with Gasteiger partial charge in [-0.25, -0.2) is 0 Å². The quantitative estimate of drug-likeness (QED) is 0.162. The van der Waals surface area contributed by atoms with E-state index >= 15 is 0 Å². The average Bonchev–Trinajstić information content (AvgIpc) is 3.81. The number of allylic oxidation sites excluding steroid dienone is 1. The number of hydrogen-bond acceptors (Lipinski definition) is 2. The zero-order valence-electron chi connectivity index (χ0n) is 35.8. The largest absolute Gasteiger partial charge is 0.309 e. The Kier molecular flexibility index (Phi) is 8.08. The summed E-state index contributed by atoms with van der Waals surface area (Å²) >= 11 is 0. The van der Waals surface area contributed by atoms with E-state index < -0.39 is 0 Å². The SMILES string of the molecule is CC1(C)c2cc(-c3cccc(-c4ccc(C5C=Cc6c(c7ccccc7c7nccnc67)C5)cc4)c3)ccc2-c2ccc(-c3ccc4c5ccccc5n(-c5ccccc5)c4c3)cc21. The molecule has 0 bridgehead atoms. The molecule has 2 aliphatic carbocycles. The number of fused-ring (bicyclic) bond motifs is 12. The van der Waals surface area contributed by atoms with Crippen LogP contribution in [0.5, 0.6) is 0 Å². The molecule has 302 valence electrons. The lowest BCUT2D eigenvalue weighted by Crippen LogP contribution is -2.15.